The van der Waals surface area contributed by atoms with E-state index in [0.29, 0.717) is 0 Å². The average molecular weight is 244 g/mol. The van der Waals surface area contributed by atoms with E-state index < -0.39 is 0 Å². The highest BCUT2D eigenvalue weighted by Gasteiger charge is 2.13. The Morgan fingerprint density at radius 1 is 1.22 bits per heavy atom. The summed E-state index contributed by atoms with van der Waals surface area (Å²) < 4.78 is 0. The topological polar surface area (TPSA) is 53.6 Å². The molecule has 0 bridgehead atoms. The van der Waals surface area contributed by atoms with Crippen molar-refractivity contribution in [2.45, 2.75) is 32.6 Å². The Morgan fingerprint density at radius 2 is 2.06 bits per heavy atom. The summed E-state index contributed by atoms with van der Waals surface area (Å²) in [6.45, 7) is 4.35. The number of aryl methyl sites for hydroxylation is 2. The zero-order valence-electron chi connectivity index (χ0n) is 10.9. The molecule has 0 radical (unpaired) electrons. The number of aromatic amines is 1. The molecule has 2 N–H and O–H groups in total. The van der Waals surface area contributed by atoms with Crippen molar-refractivity contribution < 1.29 is 0 Å². The van der Waals surface area contributed by atoms with Crippen molar-refractivity contribution in [2.24, 2.45) is 5.92 Å². The van der Waals surface area contributed by atoms with E-state index >= 15 is 0 Å². The lowest BCUT2D eigenvalue weighted by Crippen LogP contribution is -2.27. The highest BCUT2D eigenvalue weighted by Crippen LogP contribution is 2.19. The maximum Gasteiger partial charge on any atom is 0.177 e. The van der Waals surface area contributed by atoms with Crippen molar-refractivity contribution in [3.63, 3.8) is 0 Å². The second-order valence-corrected chi connectivity index (χ2v) is 5.24. The van der Waals surface area contributed by atoms with Gasteiger partial charge in [-0.15, -0.1) is 0 Å². The van der Waals surface area contributed by atoms with Gasteiger partial charge in [0, 0.05) is 12.1 Å². The third-order valence-corrected chi connectivity index (χ3v) is 3.78. The average Bonchev–Trinajstić information content (AvgIpc) is 2.79. The molecule has 4 heteroatoms. The molecule has 1 aliphatic heterocycles. The largest absolute Gasteiger partial charge is 0.341 e. The van der Waals surface area contributed by atoms with E-state index in [1.807, 2.05) is 13.0 Å². The molecular weight excluding hydrogens is 224 g/mol. The highest BCUT2D eigenvalue weighted by molar-refractivity contribution is 5.70. The predicted octanol–water partition coefficient (Wildman–Crippen LogP) is 2.20. The van der Waals surface area contributed by atoms with Gasteiger partial charge in [-0.1, -0.05) is 0 Å². The Hall–Kier alpha value is -1.42. The van der Waals surface area contributed by atoms with Crippen LogP contribution in [0.2, 0.25) is 0 Å². The van der Waals surface area contributed by atoms with Crippen LogP contribution >= 0.6 is 0 Å². The van der Waals surface area contributed by atoms with Crippen LogP contribution < -0.4 is 5.32 Å². The fourth-order valence-electron chi connectivity index (χ4n) is 2.67. The van der Waals surface area contributed by atoms with Gasteiger partial charge in [-0.25, -0.2) is 9.97 Å². The Morgan fingerprint density at radius 3 is 2.89 bits per heavy atom. The van der Waals surface area contributed by atoms with Crippen molar-refractivity contribution in [3.05, 3.63) is 23.7 Å². The summed E-state index contributed by atoms with van der Waals surface area (Å²) >= 11 is 0. The van der Waals surface area contributed by atoms with Crippen LogP contribution in [0.15, 0.2) is 12.1 Å². The molecule has 18 heavy (non-hydrogen) atoms. The number of rotatable bonds is 3. The summed E-state index contributed by atoms with van der Waals surface area (Å²) in [5, 5.41) is 3.41. The van der Waals surface area contributed by atoms with Gasteiger partial charge in [0.05, 0.1) is 5.52 Å². The van der Waals surface area contributed by atoms with Gasteiger partial charge < -0.3 is 10.3 Å². The summed E-state index contributed by atoms with van der Waals surface area (Å²) in [6.07, 6.45) is 4.88. The minimum Gasteiger partial charge on any atom is -0.341 e. The van der Waals surface area contributed by atoms with Gasteiger partial charge in [0.25, 0.3) is 0 Å². The maximum absolute atomic E-state index is 4.58. The predicted molar refractivity (Wildman–Crippen MR) is 72.5 cm³/mol. The van der Waals surface area contributed by atoms with Crippen molar-refractivity contribution in [2.75, 3.05) is 13.1 Å². The summed E-state index contributed by atoms with van der Waals surface area (Å²) in [4.78, 5) is 12.4. The van der Waals surface area contributed by atoms with Crippen LogP contribution in [0.3, 0.4) is 0 Å². The second kappa shape index (κ2) is 5.06. The van der Waals surface area contributed by atoms with Crippen LogP contribution in [-0.4, -0.2) is 28.0 Å². The molecule has 0 unspecified atom stereocenters. The van der Waals surface area contributed by atoms with Crippen molar-refractivity contribution in [3.8, 4) is 0 Å². The lowest BCUT2D eigenvalue weighted by atomic mass is 9.93. The molecule has 2 aromatic heterocycles. The molecular formula is C14H20N4. The van der Waals surface area contributed by atoms with Crippen LogP contribution in [0.5, 0.6) is 0 Å². The van der Waals surface area contributed by atoms with Gasteiger partial charge in [-0.2, -0.15) is 0 Å². The Bertz CT molecular complexity index is 526. The van der Waals surface area contributed by atoms with Gasteiger partial charge in [0.1, 0.15) is 5.82 Å². The smallest absolute Gasteiger partial charge is 0.177 e. The number of imidazole rings is 1. The van der Waals surface area contributed by atoms with Gasteiger partial charge >= 0.3 is 0 Å². The first-order chi connectivity index (χ1) is 8.81. The number of H-pyrrole nitrogens is 1. The highest BCUT2D eigenvalue weighted by atomic mass is 15.0. The van der Waals surface area contributed by atoms with Crippen LogP contribution in [0.1, 0.15) is 30.8 Å². The Balaban J connectivity index is 1.67. The molecule has 0 amide bonds. The quantitative estimate of drug-likeness (QED) is 0.870. The number of pyridine rings is 1. The number of aromatic nitrogens is 3. The van der Waals surface area contributed by atoms with E-state index in [0.717, 1.165) is 35.0 Å². The molecule has 2 aromatic rings. The molecule has 1 fully saturated rings. The van der Waals surface area contributed by atoms with E-state index in [-0.39, 0.29) is 0 Å². The fourth-order valence-corrected chi connectivity index (χ4v) is 2.67. The zero-order chi connectivity index (χ0) is 12.4. The second-order valence-electron chi connectivity index (χ2n) is 5.24. The van der Waals surface area contributed by atoms with E-state index in [1.165, 1.54) is 32.4 Å². The summed E-state index contributed by atoms with van der Waals surface area (Å²) in [5.74, 6) is 1.94. The molecule has 3 rings (SSSR count). The minimum atomic E-state index is 0.856. The van der Waals surface area contributed by atoms with Crippen molar-refractivity contribution in [1.82, 2.24) is 20.3 Å². The van der Waals surface area contributed by atoms with E-state index in [2.05, 4.69) is 26.3 Å². The fraction of sp³-hybridized carbons (Fsp3) is 0.571. The lowest BCUT2D eigenvalue weighted by molar-refractivity contribution is 0.352. The summed E-state index contributed by atoms with van der Waals surface area (Å²) in [6, 6.07) is 4.09. The first-order valence-electron chi connectivity index (χ1n) is 6.84. The first-order valence-corrected chi connectivity index (χ1v) is 6.84. The van der Waals surface area contributed by atoms with Crippen molar-refractivity contribution in [1.29, 1.82) is 0 Å². The zero-order valence-corrected chi connectivity index (χ0v) is 10.9. The van der Waals surface area contributed by atoms with Gasteiger partial charge in [-0.05, 0) is 57.3 Å². The molecule has 0 spiro atoms. The van der Waals surface area contributed by atoms with Gasteiger partial charge in [-0.3, -0.25) is 0 Å². The number of fused-ring (bicyclic) bond motifs is 1. The number of nitrogens with zero attached hydrogens (tertiary/aromatic N) is 2. The molecule has 4 nitrogen and oxygen atoms in total. The monoisotopic (exact) mass is 244 g/mol. The van der Waals surface area contributed by atoms with Crippen LogP contribution in [0.4, 0.5) is 0 Å². The number of nitrogens with one attached hydrogen (secondary N) is 2. The normalized spacial score (nSPS) is 17.4. The van der Waals surface area contributed by atoms with Crippen LogP contribution in [-0.2, 0) is 6.42 Å². The first kappa shape index (κ1) is 11.7. The molecule has 0 aliphatic carbocycles. The molecule has 0 saturated carbocycles. The Kier molecular flexibility index (Phi) is 3.28. The molecule has 96 valence electrons. The minimum absolute atomic E-state index is 0.856. The molecule has 0 atom stereocenters. The summed E-state index contributed by atoms with van der Waals surface area (Å²) in [5.41, 5.74) is 2.94. The maximum atomic E-state index is 4.58. The number of piperidine rings is 1. The standard InChI is InChI=1S/C14H20N4/c1-10-2-4-12-14(16-10)18-13(17-12)5-3-11-6-8-15-9-7-11/h2,4,11,15H,3,5-9H2,1H3,(H,16,17,18). The molecule has 0 aromatic carbocycles. The van der Waals surface area contributed by atoms with E-state index in [4.69, 9.17) is 0 Å². The summed E-state index contributed by atoms with van der Waals surface area (Å²) in [7, 11) is 0. The number of hydrogen-bond donors (Lipinski definition) is 2. The molecule has 1 aliphatic rings. The van der Waals surface area contributed by atoms with Gasteiger partial charge in [0.15, 0.2) is 5.65 Å². The lowest BCUT2D eigenvalue weighted by Gasteiger charge is -2.21. The third kappa shape index (κ3) is 2.53. The van der Waals surface area contributed by atoms with Crippen LogP contribution in [0, 0.1) is 12.8 Å². The van der Waals surface area contributed by atoms with Crippen molar-refractivity contribution >= 4 is 11.2 Å². The third-order valence-electron chi connectivity index (χ3n) is 3.78. The SMILES string of the molecule is Cc1ccc2[nH]c(CCC3CCNCC3)nc2n1. The van der Waals surface area contributed by atoms with E-state index in [9.17, 15) is 0 Å². The molecule has 1 saturated heterocycles. The number of hydrogen-bond acceptors (Lipinski definition) is 3. The van der Waals surface area contributed by atoms with Gasteiger partial charge in [0.2, 0.25) is 0 Å². The Labute approximate surface area is 107 Å². The molecule has 3 heterocycles. The van der Waals surface area contributed by atoms with Crippen LogP contribution in [0.25, 0.3) is 11.2 Å². The van der Waals surface area contributed by atoms with E-state index in [1.54, 1.807) is 0 Å².